The SMILES string of the molecule is [B]CCC(N)CCC. The first kappa shape index (κ1) is 8.02. The zero-order valence-corrected chi connectivity index (χ0v) is 5.56. The van der Waals surface area contributed by atoms with Crippen LogP contribution in [0.25, 0.3) is 0 Å². The van der Waals surface area contributed by atoms with Gasteiger partial charge in [0.25, 0.3) is 0 Å². The molecule has 2 N–H and O–H groups in total. The molecular formula is C6H14BN. The summed E-state index contributed by atoms with van der Waals surface area (Å²) in [5.74, 6) is 0. The summed E-state index contributed by atoms with van der Waals surface area (Å²) in [4.78, 5) is 0. The van der Waals surface area contributed by atoms with Gasteiger partial charge in [-0.15, -0.1) is 0 Å². The minimum atomic E-state index is 0.338. The smallest absolute Gasteiger partial charge is 0.0653 e. The average molecular weight is 111 g/mol. The van der Waals surface area contributed by atoms with Gasteiger partial charge in [0.15, 0.2) is 0 Å². The highest BCUT2D eigenvalue weighted by molar-refractivity contribution is 6.08. The van der Waals surface area contributed by atoms with E-state index in [0.29, 0.717) is 6.04 Å². The Bertz CT molecular complexity index is 41.8. The summed E-state index contributed by atoms with van der Waals surface area (Å²) in [5.41, 5.74) is 5.61. The molecule has 0 saturated heterocycles. The summed E-state index contributed by atoms with van der Waals surface area (Å²) in [6.07, 6.45) is 3.97. The van der Waals surface area contributed by atoms with Crippen molar-refractivity contribution in [2.45, 2.75) is 38.5 Å². The third-order valence-corrected chi connectivity index (χ3v) is 1.20. The van der Waals surface area contributed by atoms with E-state index in [-0.39, 0.29) is 0 Å². The predicted molar refractivity (Wildman–Crippen MR) is 38.1 cm³/mol. The summed E-state index contributed by atoms with van der Waals surface area (Å²) >= 11 is 0. The molecule has 0 saturated carbocycles. The first-order valence-electron chi connectivity index (χ1n) is 3.27. The second-order valence-corrected chi connectivity index (χ2v) is 2.13. The molecule has 0 aromatic rings. The van der Waals surface area contributed by atoms with Crippen LogP contribution in [0.2, 0.25) is 6.32 Å². The Labute approximate surface area is 53.1 Å². The van der Waals surface area contributed by atoms with Crippen LogP contribution in [-0.2, 0) is 0 Å². The highest BCUT2D eigenvalue weighted by atomic mass is 14.6. The standard InChI is InChI=1S/C6H14BN/c1-2-3-6(8)4-5-7/h6H,2-5,8H2,1H3. The zero-order valence-electron chi connectivity index (χ0n) is 5.56. The Morgan fingerprint density at radius 3 is 2.50 bits per heavy atom. The van der Waals surface area contributed by atoms with Crippen molar-refractivity contribution in [1.29, 1.82) is 0 Å². The van der Waals surface area contributed by atoms with Crippen molar-refractivity contribution in [2.24, 2.45) is 5.73 Å². The Balaban J connectivity index is 2.92. The van der Waals surface area contributed by atoms with E-state index in [2.05, 4.69) is 6.92 Å². The fourth-order valence-electron chi connectivity index (χ4n) is 0.729. The van der Waals surface area contributed by atoms with Crippen molar-refractivity contribution in [3.8, 4) is 0 Å². The third kappa shape index (κ3) is 4.19. The van der Waals surface area contributed by atoms with Gasteiger partial charge in [-0.1, -0.05) is 19.7 Å². The van der Waals surface area contributed by atoms with E-state index >= 15 is 0 Å². The van der Waals surface area contributed by atoms with Crippen LogP contribution in [0.3, 0.4) is 0 Å². The van der Waals surface area contributed by atoms with Crippen molar-refractivity contribution in [3.63, 3.8) is 0 Å². The topological polar surface area (TPSA) is 26.0 Å². The molecule has 0 heterocycles. The number of rotatable bonds is 4. The lowest BCUT2D eigenvalue weighted by molar-refractivity contribution is 0.586. The Morgan fingerprint density at radius 1 is 1.50 bits per heavy atom. The zero-order chi connectivity index (χ0) is 6.41. The second-order valence-electron chi connectivity index (χ2n) is 2.13. The van der Waals surface area contributed by atoms with E-state index in [1.54, 1.807) is 0 Å². The van der Waals surface area contributed by atoms with Gasteiger partial charge < -0.3 is 5.73 Å². The molecule has 46 valence electrons. The van der Waals surface area contributed by atoms with Crippen LogP contribution < -0.4 is 5.73 Å². The minimum Gasteiger partial charge on any atom is -0.328 e. The van der Waals surface area contributed by atoms with E-state index in [4.69, 9.17) is 13.6 Å². The van der Waals surface area contributed by atoms with E-state index in [0.717, 1.165) is 19.2 Å². The first-order chi connectivity index (χ1) is 3.81. The average Bonchev–Trinajstić information content (AvgIpc) is 1.68. The maximum absolute atomic E-state index is 5.61. The van der Waals surface area contributed by atoms with Gasteiger partial charge in [-0.05, 0) is 12.8 Å². The lowest BCUT2D eigenvalue weighted by Crippen LogP contribution is -2.18. The van der Waals surface area contributed by atoms with Crippen molar-refractivity contribution in [1.82, 2.24) is 0 Å². The van der Waals surface area contributed by atoms with E-state index in [1.807, 2.05) is 0 Å². The number of hydrogen-bond donors (Lipinski definition) is 1. The van der Waals surface area contributed by atoms with Gasteiger partial charge in [-0.3, -0.25) is 0 Å². The first-order valence-corrected chi connectivity index (χ1v) is 3.27. The van der Waals surface area contributed by atoms with Gasteiger partial charge in [0.05, 0.1) is 7.85 Å². The fourth-order valence-corrected chi connectivity index (χ4v) is 0.729. The molecule has 1 atom stereocenters. The minimum absolute atomic E-state index is 0.338. The summed E-state index contributed by atoms with van der Waals surface area (Å²) in [5, 5.41) is 0. The van der Waals surface area contributed by atoms with Crippen molar-refractivity contribution >= 4 is 7.85 Å². The number of hydrogen-bond acceptors (Lipinski definition) is 1. The molecule has 0 rings (SSSR count). The summed E-state index contributed by atoms with van der Waals surface area (Å²) in [6.45, 7) is 2.14. The van der Waals surface area contributed by atoms with Crippen LogP contribution in [0, 0.1) is 0 Å². The molecule has 0 fully saturated rings. The van der Waals surface area contributed by atoms with Crippen LogP contribution in [0.4, 0.5) is 0 Å². The lowest BCUT2D eigenvalue weighted by atomic mass is 9.96. The van der Waals surface area contributed by atoms with E-state index in [9.17, 15) is 0 Å². The molecule has 0 bridgehead atoms. The highest BCUT2D eigenvalue weighted by Gasteiger charge is 1.95. The lowest BCUT2D eigenvalue weighted by Gasteiger charge is -2.06. The monoisotopic (exact) mass is 111 g/mol. The molecule has 0 aromatic heterocycles. The summed E-state index contributed by atoms with van der Waals surface area (Å²) in [6, 6.07) is 0.338. The Kier molecular flexibility index (Phi) is 5.18. The second kappa shape index (κ2) is 5.17. The molecule has 1 nitrogen and oxygen atoms in total. The molecule has 0 amide bonds. The maximum Gasteiger partial charge on any atom is 0.0653 e. The number of nitrogens with two attached hydrogens (primary N) is 1. The normalized spacial score (nSPS) is 13.8. The van der Waals surface area contributed by atoms with Crippen molar-refractivity contribution < 1.29 is 0 Å². The molecule has 8 heavy (non-hydrogen) atoms. The molecule has 0 aliphatic heterocycles. The van der Waals surface area contributed by atoms with Crippen LogP contribution in [0.5, 0.6) is 0 Å². The molecule has 2 radical (unpaired) electrons. The quantitative estimate of drug-likeness (QED) is 0.540. The molecule has 0 spiro atoms. The maximum atomic E-state index is 5.61. The summed E-state index contributed by atoms with van der Waals surface area (Å²) < 4.78 is 0. The van der Waals surface area contributed by atoms with E-state index < -0.39 is 0 Å². The molecule has 0 aromatic carbocycles. The third-order valence-electron chi connectivity index (χ3n) is 1.20. The molecule has 0 aliphatic carbocycles. The predicted octanol–water partition coefficient (Wildman–Crippen LogP) is 1.09. The van der Waals surface area contributed by atoms with Crippen LogP contribution in [0.1, 0.15) is 26.2 Å². The van der Waals surface area contributed by atoms with Gasteiger partial charge in [0, 0.05) is 6.04 Å². The van der Waals surface area contributed by atoms with E-state index in [1.165, 1.54) is 6.42 Å². The van der Waals surface area contributed by atoms with Crippen LogP contribution in [-0.4, -0.2) is 13.9 Å². The molecular weight excluding hydrogens is 96.9 g/mol. The van der Waals surface area contributed by atoms with Crippen LogP contribution >= 0.6 is 0 Å². The molecule has 1 unspecified atom stereocenters. The molecule has 0 aliphatic rings. The highest BCUT2D eigenvalue weighted by Crippen LogP contribution is 1.99. The van der Waals surface area contributed by atoms with Crippen molar-refractivity contribution in [3.05, 3.63) is 0 Å². The van der Waals surface area contributed by atoms with Gasteiger partial charge in [0.2, 0.25) is 0 Å². The van der Waals surface area contributed by atoms with Gasteiger partial charge in [-0.25, -0.2) is 0 Å². The fraction of sp³-hybridized carbons (Fsp3) is 1.00. The Hall–Kier alpha value is 0.0249. The molecule has 2 heteroatoms. The van der Waals surface area contributed by atoms with Gasteiger partial charge in [-0.2, -0.15) is 0 Å². The van der Waals surface area contributed by atoms with Gasteiger partial charge >= 0.3 is 0 Å². The van der Waals surface area contributed by atoms with Crippen molar-refractivity contribution in [2.75, 3.05) is 0 Å². The Morgan fingerprint density at radius 2 is 2.12 bits per heavy atom. The summed E-state index contributed by atoms with van der Waals surface area (Å²) in [7, 11) is 5.28. The van der Waals surface area contributed by atoms with Crippen LogP contribution in [0.15, 0.2) is 0 Å². The largest absolute Gasteiger partial charge is 0.328 e. The van der Waals surface area contributed by atoms with Gasteiger partial charge in [0.1, 0.15) is 0 Å².